The Morgan fingerprint density at radius 2 is 1.05 bits per heavy atom. The monoisotopic (exact) mass is 1570 g/mol. The smallest absolute Gasteiger partial charge is 0.312 e. The molecule has 17 nitrogen and oxygen atoms in total. The summed E-state index contributed by atoms with van der Waals surface area (Å²) in [5, 5.41) is 0. The molecule has 24 heteroatoms. The maximum Gasteiger partial charge on any atom is 0.312 e. The molecule has 2 heterocycles. The van der Waals surface area contributed by atoms with Crippen molar-refractivity contribution in [2.75, 3.05) is 66.7 Å². The first kappa shape index (κ1) is 88.2. The summed E-state index contributed by atoms with van der Waals surface area (Å²) >= 11 is 0. The first-order valence-electron chi connectivity index (χ1n) is 39.0. The summed E-state index contributed by atoms with van der Waals surface area (Å²) in [5.74, 6) is 1.95. The van der Waals surface area contributed by atoms with Crippen LogP contribution in [0.5, 0.6) is 0 Å². The second-order valence-corrected chi connectivity index (χ2v) is 40.3. The van der Waals surface area contributed by atoms with Gasteiger partial charge < -0.3 is 23.5 Å². The Kier molecular flexibility index (Phi) is 30.7. The highest BCUT2D eigenvalue weighted by molar-refractivity contribution is 7.98. The van der Waals surface area contributed by atoms with Crippen LogP contribution in [-0.4, -0.2) is 150 Å². The van der Waals surface area contributed by atoms with E-state index in [0.29, 0.717) is 108 Å². The number of esters is 4. The zero-order chi connectivity index (χ0) is 76.6. The Hall–Kier alpha value is -5.33. The normalized spacial score (nSPS) is 32.1. The maximum atomic E-state index is 13.9. The van der Waals surface area contributed by atoms with Crippen molar-refractivity contribution in [3.05, 3.63) is 71.8 Å². The molecule has 0 spiro atoms. The van der Waals surface area contributed by atoms with Crippen LogP contribution in [0.4, 0.5) is 17.6 Å². The highest BCUT2D eigenvalue weighted by Crippen LogP contribution is 2.67. The van der Waals surface area contributed by atoms with Gasteiger partial charge >= 0.3 is 23.9 Å². The third kappa shape index (κ3) is 22.5. The molecule has 0 amide bonds. The molecule has 108 heavy (non-hydrogen) atoms. The van der Waals surface area contributed by atoms with Gasteiger partial charge in [0, 0.05) is 86.7 Å². The number of benzene rings is 2. The summed E-state index contributed by atoms with van der Waals surface area (Å²) in [6.07, 6.45) is 20.2. The lowest BCUT2D eigenvalue weighted by molar-refractivity contribution is -0.181. The van der Waals surface area contributed by atoms with Crippen LogP contribution in [0, 0.1) is 92.7 Å². The van der Waals surface area contributed by atoms with Crippen molar-refractivity contribution in [1.29, 1.82) is 0 Å². The minimum atomic E-state index is -4.45. The number of rotatable bonds is 23. The zero-order valence-electron chi connectivity index (χ0n) is 62.5. The number of alkyl halides is 4. The van der Waals surface area contributed by atoms with Crippen molar-refractivity contribution in [2.45, 2.75) is 228 Å². The third-order valence-corrected chi connectivity index (χ3v) is 31.5. The van der Waals surface area contributed by atoms with Gasteiger partial charge in [0.05, 0.1) is 33.3 Å². The van der Waals surface area contributed by atoms with Gasteiger partial charge in [-0.25, -0.2) is 26.0 Å². The Morgan fingerprint density at radius 3 is 1.52 bits per heavy atom. The van der Waals surface area contributed by atoms with E-state index in [1.807, 2.05) is 67.6 Å². The molecule has 2 aliphatic heterocycles. The fraction of sp³-hybridized carbons (Fsp3) is 0.738. The standard InChI is InChI=1S/C30H44O10S.C14H18F2O3.C14H20F2O2.2C12H15OS.2CH4/c1-18(6-9-27(35)39-12-4-5-26(34)40-13-14-41(36,37)38)21-7-8-22-28-23(17-25(33)30(21,22)3)29(2)11-10-20(31)15-19(29)16-24(28)32;1-13(15,16)7-19-12(18)14-4-8-2-9(5-14)11(17)10(3-8)6-14;1-13(15,16)8-18-12(17)14-5-9-2-10(6-14)4-11(3-9)7-14;2*13-12(10-14-8-4-5-9-14)11-6-2-1-3-7-11;;/h18-19,21-23,28H,4-17H2,1-3H3,(H,36,37,38);8-10H,2-7H2,1H3;9-11H,2-8H2,1H3;2*1-3,6-7H,4-5,8-10H2;2*1H4/q;;;2*+1;;/p-1/t18?,19-,21+,22-,23-,28-,29-,30+;;;;;;/m0....../s1. The summed E-state index contributed by atoms with van der Waals surface area (Å²) < 4.78 is 102. The van der Waals surface area contributed by atoms with Crippen LogP contribution < -0.4 is 0 Å². The van der Waals surface area contributed by atoms with E-state index in [4.69, 9.17) is 14.2 Å². The molecule has 12 saturated carbocycles. The number of carbonyl (C=O) groups is 10. The molecule has 16 rings (SSSR count). The number of hydrogen-bond acceptors (Lipinski definition) is 17. The quantitative estimate of drug-likeness (QED) is 0.0190. The van der Waals surface area contributed by atoms with Crippen LogP contribution in [0.1, 0.15) is 237 Å². The van der Waals surface area contributed by atoms with Gasteiger partial charge in [-0.1, -0.05) is 96.3 Å². The van der Waals surface area contributed by atoms with Gasteiger partial charge in [0.2, 0.25) is 11.6 Å². The van der Waals surface area contributed by atoms with Crippen molar-refractivity contribution in [3.8, 4) is 0 Å². The molecular formula is C84H119F4O17S3+. The topological polar surface area (TPSA) is 265 Å². The van der Waals surface area contributed by atoms with Crippen LogP contribution >= 0.6 is 0 Å². The van der Waals surface area contributed by atoms with E-state index >= 15 is 0 Å². The molecule has 10 atom stereocenters. The second kappa shape index (κ2) is 37.5. The maximum absolute atomic E-state index is 13.9. The molecule has 14 aliphatic rings. The number of carbonyl (C=O) groups excluding carboxylic acids is 10. The molecular weight excluding hydrogens is 1450 g/mol. The highest BCUT2D eigenvalue weighted by Gasteiger charge is 2.67. The Balaban J connectivity index is 0.000000183. The molecule has 0 N–H and O–H groups in total. The largest absolute Gasteiger partial charge is 0.748 e. The van der Waals surface area contributed by atoms with E-state index < -0.39 is 81.7 Å². The summed E-state index contributed by atoms with van der Waals surface area (Å²) in [4.78, 5) is 123. The van der Waals surface area contributed by atoms with Gasteiger partial charge in [0.15, 0.2) is 24.7 Å². The summed E-state index contributed by atoms with van der Waals surface area (Å²) in [6, 6.07) is 19.3. The van der Waals surface area contributed by atoms with E-state index in [0.717, 1.165) is 87.8 Å². The molecule has 14 fully saturated rings. The minimum Gasteiger partial charge on any atom is -0.748 e. The average Bonchev–Trinajstić information content (AvgIpc) is 1.43. The van der Waals surface area contributed by atoms with Crippen molar-refractivity contribution < 1.29 is 97.4 Å². The molecule has 0 radical (unpaired) electrons. The molecule has 602 valence electrons. The van der Waals surface area contributed by atoms with E-state index in [1.54, 1.807) is 0 Å². The predicted octanol–water partition coefficient (Wildman–Crippen LogP) is 15.2. The fourth-order valence-electron chi connectivity index (χ4n) is 21.3. The van der Waals surface area contributed by atoms with E-state index in [2.05, 4.69) is 18.6 Å². The van der Waals surface area contributed by atoms with Crippen molar-refractivity contribution in [3.63, 3.8) is 0 Å². The van der Waals surface area contributed by atoms with Gasteiger partial charge in [-0.15, -0.1) is 0 Å². The summed E-state index contributed by atoms with van der Waals surface area (Å²) in [5.41, 5.74) is -0.0562. The number of fused-ring (bicyclic) bond motifs is 5. The van der Waals surface area contributed by atoms with E-state index in [9.17, 15) is 78.5 Å². The number of Topliss-reactive ketones (excluding diaryl/α,β-unsaturated/α-hetero) is 6. The van der Waals surface area contributed by atoms with Crippen LogP contribution in [0.3, 0.4) is 0 Å². The SMILES string of the molecule is C.C.CC(CCC(=O)OCCCC(=O)OCCS(=O)(=O)[O-])[C@H]1CC[C@H]2[C@@H]3C(=O)C[C@@H]4CC(=O)CC[C@]4(C)[C@H]3CC(=O)[C@]12C.CC(F)(F)COC(=O)C12CC3CC(C1)C(=O)C(C3)C2.CC(F)(F)COC(=O)C12CC3CC(CC(C3)C1)C2.O=C(C[S+]1CCCC1)c1ccccc1.O=C(C[S+]1CCCC1)c1ccccc1. The molecule has 3 unspecified atom stereocenters. The van der Waals surface area contributed by atoms with Crippen molar-refractivity contribution in [2.24, 2.45) is 92.7 Å². The lowest BCUT2D eigenvalue weighted by atomic mass is 9.44. The number of ketones is 6. The molecule has 0 aromatic heterocycles. The number of ether oxygens (including phenoxy) is 4. The highest BCUT2D eigenvalue weighted by atomic mass is 32.2. The molecule has 8 bridgehead atoms. The minimum absolute atomic E-state index is 0. The Labute approximate surface area is 643 Å². The average molecular weight is 1570 g/mol. The van der Waals surface area contributed by atoms with Crippen LogP contribution in [-0.2, 0) is 89.2 Å². The van der Waals surface area contributed by atoms with Crippen molar-refractivity contribution in [1.82, 2.24) is 0 Å². The van der Waals surface area contributed by atoms with Crippen LogP contribution in [0.15, 0.2) is 60.7 Å². The van der Waals surface area contributed by atoms with Crippen LogP contribution in [0.2, 0.25) is 0 Å². The second-order valence-electron chi connectivity index (χ2n) is 34.1. The molecule has 2 aromatic rings. The first-order valence-corrected chi connectivity index (χ1v) is 44.0. The number of halogens is 4. The summed E-state index contributed by atoms with van der Waals surface area (Å²) in [7, 11) is -3.66. The van der Waals surface area contributed by atoms with Gasteiger partial charge in [-0.05, 0) is 209 Å². The summed E-state index contributed by atoms with van der Waals surface area (Å²) in [6.45, 7) is 5.73. The number of hydrogen-bond donors (Lipinski definition) is 0. The fourth-order valence-corrected chi connectivity index (χ4v) is 26.1. The molecule has 2 saturated heterocycles. The van der Waals surface area contributed by atoms with E-state index in [-0.39, 0.29) is 123 Å². The Morgan fingerprint density at radius 1 is 0.593 bits per heavy atom. The third-order valence-electron chi connectivity index (χ3n) is 26.0. The predicted molar refractivity (Wildman–Crippen MR) is 407 cm³/mol. The first-order chi connectivity index (χ1) is 50.0. The van der Waals surface area contributed by atoms with Crippen LogP contribution in [0.25, 0.3) is 0 Å². The van der Waals surface area contributed by atoms with Gasteiger partial charge in [0.25, 0.3) is 11.8 Å². The van der Waals surface area contributed by atoms with Gasteiger partial charge in [-0.2, -0.15) is 0 Å². The lowest BCUT2D eigenvalue weighted by Crippen LogP contribution is -2.60. The molecule has 2 aromatic carbocycles. The molecule has 12 aliphatic carbocycles. The van der Waals surface area contributed by atoms with E-state index in [1.165, 1.54) is 68.0 Å². The lowest BCUT2D eigenvalue weighted by Gasteiger charge is -2.58. The van der Waals surface area contributed by atoms with Gasteiger partial charge in [0.1, 0.15) is 52.8 Å². The Bertz CT molecular complexity index is 3470. The van der Waals surface area contributed by atoms with Gasteiger partial charge in [-0.3, -0.25) is 47.9 Å². The zero-order valence-corrected chi connectivity index (χ0v) is 65.0. The van der Waals surface area contributed by atoms with Crippen molar-refractivity contribution >= 4 is 90.5 Å².